The van der Waals surface area contributed by atoms with E-state index in [1.54, 1.807) is 7.05 Å². The Kier molecular flexibility index (Phi) is 4.40. The second-order valence-electron chi connectivity index (χ2n) is 4.30. The van der Waals surface area contributed by atoms with Gasteiger partial charge >= 0.3 is 0 Å². The molecule has 1 unspecified atom stereocenters. The molecule has 0 spiro atoms. The fourth-order valence-electron chi connectivity index (χ4n) is 2.00. The van der Waals surface area contributed by atoms with Crippen molar-refractivity contribution in [1.82, 2.24) is 5.32 Å². The van der Waals surface area contributed by atoms with Crippen LogP contribution >= 0.6 is 23.1 Å². The first-order valence-electron chi connectivity index (χ1n) is 6.13. The summed E-state index contributed by atoms with van der Waals surface area (Å²) in [4.78, 5) is 14.6. The van der Waals surface area contributed by atoms with Crippen LogP contribution in [0.3, 0.4) is 0 Å². The number of nitrogens with zero attached hydrogens (tertiary/aromatic N) is 1. The molecule has 0 saturated carbocycles. The molecule has 0 aliphatic carbocycles. The predicted molar refractivity (Wildman–Crippen MR) is 80.9 cm³/mol. The lowest BCUT2D eigenvalue weighted by atomic mass is 10.3. The van der Waals surface area contributed by atoms with E-state index in [-0.39, 0.29) is 5.91 Å². The van der Waals surface area contributed by atoms with Crippen LogP contribution in [0.2, 0.25) is 0 Å². The summed E-state index contributed by atoms with van der Waals surface area (Å²) in [5, 5.41) is 4.43. The van der Waals surface area contributed by atoms with Crippen LogP contribution in [0.25, 0.3) is 0 Å². The number of thiophene rings is 1. The summed E-state index contributed by atoms with van der Waals surface area (Å²) in [6.07, 6.45) is 1.18. The van der Waals surface area contributed by atoms with E-state index < -0.39 is 0 Å². The van der Waals surface area contributed by atoms with Crippen LogP contribution in [-0.4, -0.2) is 37.0 Å². The van der Waals surface area contributed by atoms with Gasteiger partial charge in [-0.25, -0.2) is 0 Å². The Labute approximate surface area is 116 Å². The van der Waals surface area contributed by atoms with Crippen molar-refractivity contribution in [2.45, 2.75) is 18.6 Å². The maximum atomic E-state index is 11.6. The zero-order chi connectivity index (χ0) is 13.1. The van der Waals surface area contributed by atoms with Crippen molar-refractivity contribution in [2.75, 3.05) is 36.5 Å². The van der Waals surface area contributed by atoms with Crippen molar-refractivity contribution < 1.29 is 4.79 Å². The van der Waals surface area contributed by atoms with Crippen LogP contribution < -0.4 is 16.0 Å². The number of nitrogen functional groups attached to an aromatic ring is 1. The first kappa shape index (κ1) is 13.5. The van der Waals surface area contributed by atoms with Crippen LogP contribution in [0.1, 0.15) is 23.0 Å². The number of rotatable bonds is 3. The summed E-state index contributed by atoms with van der Waals surface area (Å²) in [5.74, 6) is 1.05. The van der Waals surface area contributed by atoms with Gasteiger partial charge < -0.3 is 16.0 Å². The Morgan fingerprint density at radius 3 is 3.11 bits per heavy atom. The molecule has 100 valence electrons. The zero-order valence-corrected chi connectivity index (χ0v) is 12.4. The van der Waals surface area contributed by atoms with Gasteiger partial charge in [0.25, 0.3) is 5.91 Å². The third kappa shape index (κ3) is 2.75. The second kappa shape index (κ2) is 5.84. The lowest BCUT2D eigenvalue weighted by molar-refractivity contribution is 0.0968. The Morgan fingerprint density at radius 2 is 2.44 bits per heavy atom. The lowest BCUT2D eigenvalue weighted by Crippen LogP contribution is -2.37. The van der Waals surface area contributed by atoms with Gasteiger partial charge in [-0.05, 0) is 12.5 Å². The molecule has 2 rings (SSSR count). The zero-order valence-electron chi connectivity index (χ0n) is 10.7. The number of nitrogens with one attached hydrogen (secondary N) is 1. The number of carbonyl (C=O) groups is 1. The van der Waals surface area contributed by atoms with Crippen LogP contribution in [0.4, 0.5) is 10.7 Å². The minimum atomic E-state index is -0.0952. The van der Waals surface area contributed by atoms with Crippen molar-refractivity contribution in [3.05, 3.63) is 10.9 Å². The summed E-state index contributed by atoms with van der Waals surface area (Å²) in [6.45, 7) is 4.31. The van der Waals surface area contributed by atoms with E-state index in [0.29, 0.717) is 15.8 Å². The van der Waals surface area contributed by atoms with Gasteiger partial charge in [0, 0.05) is 31.1 Å². The largest absolute Gasteiger partial charge is 0.397 e. The van der Waals surface area contributed by atoms with Crippen molar-refractivity contribution in [3.8, 4) is 0 Å². The first-order valence-corrected chi connectivity index (χ1v) is 8.00. The smallest absolute Gasteiger partial charge is 0.263 e. The number of nitrogens with two attached hydrogens (primary N) is 1. The average Bonchev–Trinajstić information content (AvgIpc) is 2.80. The molecular weight excluding hydrogens is 266 g/mol. The number of hydrogen-bond donors (Lipinski definition) is 2. The first-order chi connectivity index (χ1) is 8.65. The molecule has 1 amide bonds. The molecule has 1 aliphatic heterocycles. The highest BCUT2D eigenvalue weighted by molar-refractivity contribution is 8.00. The minimum Gasteiger partial charge on any atom is -0.397 e. The highest BCUT2D eigenvalue weighted by Crippen LogP contribution is 2.35. The SMILES string of the molecule is CCC1CN(c2cc(N)c(C(=O)NC)s2)CCS1. The van der Waals surface area contributed by atoms with E-state index in [0.717, 1.165) is 23.8 Å². The molecule has 1 fully saturated rings. The number of carbonyl (C=O) groups excluding carboxylic acids is 1. The molecule has 1 atom stereocenters. The molecule has 1 aliphatic rings. The molecule has 1 aromatic heterocycles. The maximum absolute atomic E-state index is 11.6. The molecule has 0 radical (unpaired) electrons. The summed E-state index contributed by atoms with van der Waals surface area (Å²) < 4.78 is 0. The van der Waals surface area contributed by atoms with Crippen molar-refractivity contribution in [1.29, 1.82) is 0 Å². The summed E-state index contributed by atoms with van der Waals surface area (Å²) in [7, 11) is 1.63. The van der Waals surface area contributed by atoms with Crippen LogP contribution in [-0.2, 0) is 0 Å². The van der Waals surface area contributed by atoms with E-state index in [9.17, 15) is 4.79 Å². The second-order valence-corrected chi connectivity index (χ2v) is 6.73. The fourth-order valence-corrected chi connectivity index (χ4v) is 4.25. The molecule has 1 aromatic rings. The quantitative estimate of drug-likeness (QED) is 0.892. The van der Waals surface area contributed by atoms with E-state index in [4.69, 9.17) is 5.73 Å². The molecule has 4 nitrogen and oxygen atoms in total. The molecule has 6 heteroatoms. The van der Waals surface area contributed by atoms with Crippen LogP contribution in [0.15, 0.2) is 6.07 Å². The lowest BCUT2D eigenvalue weighted by Gasteiger charge is -2.32. The molecule has 0 aromatic carbocycles. The average molecular weight is 285 g/mol. The van der Waals surface area contributed by atoms with Gasteiger partial charge in [0.2, 0.25) is 0 Å². The van der Waals surface area contributed by atoms with Crippen LogP contribution in [0.5, 0.6) is 0 Å². The number of hydrogen-bond acceptors (Lipinski definition) is 5. The summed E-state index contributed by atoms with van der Waals surface area (Å²) in [6, 6.07) is 1.93. The van der Waals surface area contributed by atoms with E-state index >= 15 is 0 Å². The number of amides is 1. The van der Waals surface area contributed by atoms with Gasteiger partial charge in [0.05, 0.1) is 10.7 Å². The van der Waals surface area contributed by atoms with Crippen molar-refractivity contribution in [2.24, 2.45) is 0 Å². The Bertz CT molecular complexity index is 433. The van der Waals surface area contributed by atoms with Gasteiger partial charge in [0.1, 0.15) is 4.88 Å². The van der Waals surface area contributed by atoms with E-state index in [2.05, 4.69) is 17.1 Å². The Hall–Kier alpha value is -0.880. The molecule has 2 heterocycles. The topological polar surface area (TPSA) is 58.4 Å². The van der Waals surface area contributed by atoms with Gasteiger partial charge in [0.15, 0.2) is 0 Å². The summed E-state index contributed by atoms with van der Waals surface area (Å²) in [5.41, 5.74) is 6.49. The van der Waals surface area contributed by atoms with Gasteiger partial charge in [-0.1, -0.05) is 6.92 Å². The normalized spacial score (nSPS) is 19.9. The number of thioether (sulfide) groups is 1. The van der Waals surface area contributed by atoms with Gasteiger partial charge in [-0.2, -0.15) is 11.8 Å². The van der Waals surface area contributed by atoms with Crippen molar-refractivity contribution in [3.63, 3.8) is 0 Å². The Morgan fingerprint density at radius 1 is 1.67 bits per heavy atom. The molecule has 1 saturated heterocycles. The highest BCUT2D eigenvalue weighted by Gasteiger charge is 2.22. The van der Waals surface area contributed by atoms with Crippen molar-refractivity contribution >= 4 is 39.7 Å². The summed E-state index contributed by atoms with van der Waals surface area (Å²) >= 11 is 3.53. The molecule has 0 bridgehead atoms. The van der Waals surface area contributed by atoms with Crippen LogP contribution in [0, 0.1) is 0 Å². The predicted octanol–water partition coefficient (Wildman–Crippen LogP) is 2.02. The van der Waals surface area contributed by atoms with E-state index in [1.165, 1.54) is 17.8 Å². The minimum absolute atomic E-state index is 0.0952. The number of anilines is 2. The fraction of sp³-hybridized carbons (Fsp3) is 0.583. The molecule has 18 heavy (non-hydrogen) atoms. The third-order valence-corrected chi connectivity index (χ3v) is 5.67. The maximum Gasteiger partial charge on any atom is 0.263 e. The standard InChI is InChI=1S/C12H19N3OS2/c1-3-8-7-15(4-5-17-8)10-6-9(13)11(18-10)12(16)14-2/h6,8H,3-5,7,13H2,1-2H3,(H,14,16). The molecule has 3 N–H and O–H groups in total. The third-order valence-electron chi connectivity index (χ3n) is 3.09. The van der Waals surface area contributed by atoms with Gasteiger partial charge in [-0.3, -0.25) is 4.79 Å². The molecular formula is C12H19N3OS2. The highest BCUT2D eigenvalue weighted by atomic mass is 32.2. The van der Waals surface area contributed by atoms with E-state index in [1.807, 2.05) is 17.8 Å². The monoisotopic (exact) mass is 285 g/mol. The van der Waals surface area contributed by atoms with Gasteiger partial charge in [-0.15, -0.1) is 11.3 Å². The Balaban J connectivity index is 2.16.